The number of hydrogen-bond acceptors (Lipinski definition) is 2. The van der Waals surface area contributed by atoms with Gasteiger partial charge in [0.25, 0.3) is 0 Å². The van der Waals surface area contributed by atoms with Gasteiger partial charge in [-0.1, -0.05) is 18.2 Å². The van der Waals surface area contributed by atoms with E-state index in [4.69, 9.17) is 0 Å². The molecule has 78 valence electrons. The van der Waals surface area contributed by atoms with Crippen molar-refractivity contribution < 1.29 is 4.21 Å². The largest absolute Gasteiger partial charge is 0.293 e. The third-order valence-corrected chi connectivity index (χ3v) is 5.03. The standard InChI is InChI=1S/C12H13NOS/c14-15-11-4-2-1-3-9(11)7-10-8-13-6-5-12(10)15/h1-2,4-5,8-10H,3,6-7H2. The Morgan fingerprint density at radius 1 is 1.40 bits per heavy atom. The van der Waals surface area contributed by atoms with E-state index in [1.165, 1.54) is 0 Å². The van der Waals surface area contributed by atoms with Crippen molar-refractivity contribution >= 4 is 17.0 Å². The van der Waals surface area contributed by atoms with Gasteiger partial charge in [0.15, 0.2) is 0 Å². The molecule has 0 amide bonds. The Bertz CT molecular complexity index is 431. The maximum atomic E-state index is 12.3. The summed E-state index contributed by atoms with van der Waals surface area (Å²) in [6.45, 7) is 0.700. The second-order valence-electron chi connectivity index (χ2n) is 4.16. The van der Waals surface area contributed by atoms with Crippen molar-refractivity contribution in [3.63, 3.8) is 0 Å². The second kappa shape index (κ2) is 3.56. The summed E-state index contributed by atoms with van der Waals surface area (Å²) in [5.74, 6) is 0.802. The van der Waals surface area contributed by atoms with Gasteiger partial charge in [-0.15, -0.1) is 0 Å². The Kier molecular flexibility index (Phi) is 2.20. The van der Waals surface area contributed by atoms with Crippen molar-refractivity contribution in [2.75, 3.05) is 6.54 Å². The molecule has 0 N–H and O–H groups in total. The van der Waals surface area contributed by atoms with Crippen LogP contribution >= 0.6 is 0 Å². The van der Waals surface area contributed by atoms with E-state index < -0.39 is 10.8 Å². The van der Waals surface area contributed by atoms with Crippen LogP contribution in [0.4, 0.5) is 0 Å². The second-order valence-corrected chi connectivity index (χ2v) is 5.64. The van der Waals surface area contributed by atoms with Crippen LogP contribution in [-0.2, 0) is 10.8 Å². The van der Waals surface area contributed by atoms with Crippen LogP contribution in [0.1, 0.15) is 12.8 Å². The zero-order valence-electron chi connectivity index (χ0n) is 8.43. The summed E-state index contributed by atoms with van der Waals surface area (Å²) in [6.07, 6.45) is 12.4. The molecule has 1 saturated heterocycles. The zero-order valence-corrected chi connectivity index (χ0v) is 9.24. The van der Waals surface area contributed by atoms with Crippen molar-refractivity contribution in [2.24, 2.45) is 16.8 Å². The molecule has 2 heterocycles. The fourth-order valence-electron chi connectivity index (χ4n) is 2.47. The molecule has 0 aromatic heterocycles. The number of dihydropyridines is 1. The Morgan fingerprint density at radius 2 is 2.33 bits per heavy atom. The number of allylic oxidation sites excluding steroid dienone is 5. The first-order valence-corrected chi connectivity index (χ1v) is 6.50. The number of rotatable bonds is 0. The molecule has 0 saturated carbocycles. The topological polar surface area (TPSA) is 29.4 Å². The van der Waals surface area contributed by atoms with Gasteiger partial charge in [0.2, 0.25) is 0 Å². The summed E-state index contributed by atoms with van der Waals surface area (Å²) in [7, 11) is -0.894. The van der Waals surface area contributed by atoms with Crippen LogP contribution in [0.15, 0.2) is 39.1 Å². The van der Waals surface area contributed by atoms with E-state index in [1.54, 1.807) is 0 Å². The van der Waals surface area contributed by atoms with Crippen LogP contribution in [0.5, 0.6) is 0 Å². The Morgan fingerprint density at radius 3 is 3.27 bits per heavy atom. The van der Waals surface area contributed by atoms with Gasteiger partial charge < -0.3 is 0 Å². The number of aliphatic imine (C=N–C) groups is 1. The minimum Gasteiger partial charge on any atom is -0.293 e. The van der Waals surface area contributed by atoms with E-state index in [2.05, 4.69) is 11.1 Å². The van der Waals surface area contributed by atoms with Crippen molar-refractivity contribution in [1.82, 2.24) is 0 Å². The lowest BCUT2D eigenvalue weighted by molar-refractivity contribution is 0.527. The van der Waals surface area contributed by atoms with Gasteiger partial charge >= 0.3 is 0 Å². The van der Waals surface area contributed by atoms with Gasteiger partial charge in [-0.05, 0) is 24.8 Å². The van der Waals surface area contributed by atoms with E-state index in [0.717, 1.165) is 22.7 Å². The monoisotopic (exact) mass is 219 g/mol. The maximum Gasteiger partial charge on any atom is 0.0774 e. The lowest BCUT2D eigenvalue weighted by Gasteiger charge is -2.33. The van der Waals surface area contributed by atoms with Crippen LogP contribution < -0.4 is 0 Å². The smallest absolute Gasteiger partial charge is 0.0774 e. The normalized spacial score (nSPS) is 37.7. The molecule has 0 radical (unpaired) electrons. The molecule has 2 aliphatic heterocycles. The van der Waals surface area contributed by atoms with Crippen LogP contribution in [0.3, 0.4) is 0 Å². The fraction of sp³-hybridized carbons (Fsp3) is 0.417. The molecular weight excluding hydrogens is 206 g/mol. The molecule has 1 aliphatic carbocycles. The van der Waals surface area contributed by atoms with Gasteiger partial charge in [0, 0.05) is 21.9 Å². The lowest BCUT2D eigenvalue weighted by atomic mass is 9.88. The third kappa shape index (κ3) is 1.46. The highest BCUT2D eigenvalue weighted by molar-refractivity contribution is 7.93. The predicted octanol–water partition coefficient (Wildman–Crippen LogP) is 2.18. The van der Waals surface area contributed by atoms with Crippen molar-refractivity contribution in [3.05, 3.63) is 34.1 Å². The first kappa shape index (κ1) is 9.28. The van der Waals surface area contributed by atoms with Gasteiger partial charge in [-0.25, -0.2) is 4.21 Å². The van der Waals surface area contributed by atoms with E-state index in [1.807, 2.05) is 24.4 Å². The summed E-state index contributed by atoms with van der Waals surface area (Å²) in [6, 6.07) is 0. The van der Waals surface area contributed by atoms with Crippen molar-refractivity contribution in [3.8, 4) is 0 Å². The number of fused-ring (bicyclic) bond motifs is 2. The highest BCUT2D eigenvalue weighted by Crippen LogP contribution is 2.41. The molecule has 2 nitrogen and oxygen atoms in total. The Labute approximate surface area is 91.9 Å². The van der Waals surface area contributed by atoms with Crippen molar-refractivity contribution in [1.29, 1.82) is 0 Å². The van der Waals surface area contributed by atoms with Crippen LogP contribution in [0.2, 0.25) is 0 Å². The fourth-order valence-corrected chi connectivity index (χ4v) is 4.10. The minimum absolute atomic E-state index is 0.327. The van der Waals surface area contributed by atoms with Crippen LogP contribution in [0, 0.1) is 11.8 Å². The number of hydrogen-bond donors (Lipinski definition) is 0. The molecule has 0 spiro atoms. The zero-order chi connectivity index (χ0) is 10.3. The molecule has 3 heteroatoms. The molecule has 1 fully saturated rings. The number of nitrogens with zero attached hydrogens (tertiary/aromatic N) is 1. The van der Waals surface area contributed by atoms with E-state index in [0.29, 0.717) is 18.4 Å². The molecule has 3 atom stereocenters. The molecule has 0 aromatic carbocycles. The molecule has 15 heavy (non-hydrogen) atoms. The lowest BCUT2D eigenvalue weighted by Crippen LogP contribution is -2.28. The quantitative estimate of drug-likeness (QED) is 0.614. The van der Waals surface area contributed by atoms with E-state index >= 15 is 0 Å². The highest BCUT2D eigenvalue weighted by Gasteiger charge is 2.34. The summed E-state index contributed by atoms with van der Waals surface area (Å²) in [5.41, 5.74) is 0. The first-order chi connectivity index (χ1) is 7.36. The molecule has 3 unspecified atom stereocenters. The first-order valence-electron chi connectivity index (χ1n) is 5.35. The van der Waals surface area contributed by atoms with E-state index in [-0.39, 0.29) is 0 Å². The Balaban J connectivity index is 2.01. The minimum atomic E-state index is -0.894. The van der Waals surface area contributed by atoms with Crippen LogP contribution in [0.25, 0.3) is 0 Å². The third-order valence-electron chi connectivity index (χ3n) is 3.23. The van der Waals surface area contributed by atoms with Gasteiger partial charge in [0.1, 0.15) is 0 Å². The van der Waals surface area contributed by atoms with Gasteiger partial charge in [0.05, 0.1) is 17.3 Å². The SMILES string of the molecule is O=S1C2=CCN=CC2CC2CC=CC=C21. The average Bonchev–Trinajstić information content (AvgIpc) is 2.30. The molecular formula is C12H13NOS. The molecule has 0 bridgehead atoms. The molecule has 3 aliphatic rings. The van der Waals surface area contributed by atoms with Crippen LogP contribution in [-0.4, -0.2) is 17.0 Å². The maximum absolute atomic E-state index is 12.3. The summed E-state index contributed by atoms with van der Waals surface area (Å²) >= 11 is 0. The summed E-state index contributed by atoms with van der Waals surface area (Å²) in [5, 5.41) is 0. The average molecular weight is 219 g/mol. The molecule has 0 aromatic rings. The van der Waals surface area contributed by atoms with Gasteiger partial charge in [-0.2, -0.15) is 0 Å². The van der Waals surface area contributed by atoms with Crippen molar-refractivity contribution in [2.45, 2.75) is 12.8 Å². The summed E-state index contributed by atoms with van der Waals surface area (Å²) in [4.78, 5) is 6.47. The summed E-state index contributed by atoms with van der Waals surface area (Å²) < 4.78 is 12.3. The predicted molar refractivity (Wildman–Crippen MR) is 63.0 cm³/mol. The van der Waals surface area contributed by atoms with E-state index in [9.17, 15) is 4.21 Å². The molecule has 3 rings (SSSR count). The Hall–Kier alpha value is -0.960. The highest BCUT2D eigenvalue weighted by atomic mass is 32.2. The van der Waals surface area contributed by atoms with Gasteiger partial charge in [-0.3, -0.25) is 4.99 Å².